The number of furan rings is 1. The number of aromatic nitrogens is 3. The summed E-state index contributed by atoms with van der Waals surface area (Å²) in [5.41, 5.74) is 2.67. The van der Waals surface area contributed by atoms with Gasteiger partial charge >= 0.3 is 0 Å². The van der Waals surface area contributed by atoms with Crippen LogP contribution < -0.4 is 0 Å². The van der Waals surface area contributed by atoms with E-state index in [9.17, 15) is 0 Å². The van der Waals surface area contributed by atoms with Crippen LogP contribution in [0.3, 0.4) is 0 Å². The van der Waals surface area contributed by atoms with Crippen LogP contribution >= 0.6 is 0 Å². The van der Waals surface area contributed by atoms with E-state index in [4.69, 9.17) is 14.2 Å². The molecule has 3 aromatic heterocycles. The zero-order chi connectivity index (χ0) is 14.2. The van der Waals surface area contributed by atoms with Crippen LogP contribution in [0.1, 0.15) is 5.69 Å². The molecule has 0 radical (unpaired) electrons. The van der Waals surface area contributed by atoms with Crippen molar-refractivity contribution in [2.24, 2.45) is 0 Å². The molecule has 0 amide bonds. The molecule has 0 aliphatic carbocycles. The Labute approximate surface area is 118 Å². The van der Waals surface area contributed by atoms with Gasteiger partial charge in [0.25, 0.3) is 5.89 Å². The van der Waals surface area contributed by atoms with Crippen LogP contribution in [0, 0.1) is 11.3 Å². The SMILES string of the molecule is N#Cc1cc(-c2nc(-c3coc4ccccc34)no2)c[nH]1. The van der Waals surface area contributed by atoms with Gasteiger partial charge in [0.05, 0.1) is 11.1 Å². The van der Waals surface area contributed by atoms with Crippen molar-refractivity contribution in [3.8, 4) is 28.9 Å². The first kappa shape index (κ1) is 11.5. The molecule has 6 nitrogen and oxygen atoms in total. The number of hydrogen-bond donors (Lipinski definition) is 1. The van der Waals surface area contributed by atoms with Crippen molar-refractivity contribution in [1.29, 1.82) is 5.26 Å². The summed E-state index contributed by atoms with van der Waals surface area (Å²) in [5, 5.41) is 13.7. The Kier molecular flexibility index (Phi) is 2.38. The van der Waals surface area contributed by atoms with E-state index in [0.717, 1.165) is 16.5 Å². The number of hydrogen-bond acceptors (Lipinski definition) is 5. The Morgan fingerprint density at radius 3 is 3.00 bits per heavy atom. The van der Waals surface area contributed by atoms with Gasteiger partial charge in [-0.1, -0.05) is 23.4 Å². The molecule has 0 unspecified atom stereocenters. The number of aromatic amines is 1. The van der Waals surface area contributed by atoms with Crippen LogP contribution in [0.15, 0.2) is 51.7 Å². The first-order chi connectivity index (χ1) is 10.3. The second-order valence-corrected chi connectivity index (χ2v) is 4.48. The van der Waals surface area contributed by atoms with Gasteiger partial charge < -0.3 is 13.9 Å². The predicted molar refractivity (Wildman–Crippen MR) is 74.0 cm³/mol. The molecule has 3 heterocycles. The largest absolute Gasteiger partial charge is 0.464 e. The number of nitrogens with zero attached hydrogens (tertiary/aromatic N) is 3. The highest BCUT2D eigenvalue weighted by Crippen LogP contribution is 2.30. The summed E-state index contributed by atoms with van der Waals surface area (Å²) in [7, 11) is 0. The van der Waals surface area contributed by atoms with Crippen molar-refractivity contribution in [1.82, 2.24) is 15.1 Å². The molecular weight excluding hydrogens is 268 g/mol. The number of para-hydroxylation sites is 1. The van der Waals surface area contributed by atoms with Crippen molar-refractivity contribution < 1.29 is 8.94 Å². The molecule has 0 saturated carbocycles. The van der Waals surface area contributed by atoms with Crippen LogP contribution in [0.25, 0.3) is 33.8 Å². The Bertz CT molecular complexity index is 971. The van der Waals surface area contributed by atoms with Gasteiger partial charge in [-0.05, 0) is 12.1 Å². The van der Waals surface area contributed by atoms with Gasteiger partial charge in [-0.3, -0.25) is 0 Å². The fourth-order valence-electron chi connectivity index (χ4n) is 2.18. The summed E-state index contributed by atoms with van der Waals surface area (Å²) < 4.78 is 10.7. The number of benzene rings is 1. The molecule has 6 heteroatoms. The zero-order valence-corrected chi connectivity index (χ0v) is 10.7. The van der Waals surface area contributed by atoms with Gasteiger partial charge in [0.2, 0.25) is 5.82 Å². The highest BCUT2D eigenvalue weighted by molar-refractivity contribution is 5.92. The van der Waals surface area contributed by atoms with E-state index >= 15 is 0 Å². The lowest BCUT2D eigenvalue weighted by Gasteiger charge is -1.88. The number of nitriles is 1. The van der Waals surface area contributed by atoms with E-state index in [1.807, 2.05) is 30.3 Å². The minimum atomic E-state index is 0.355. The molecule has 4 aromatic rings. The third-order valence-electron chi connectivity index (χ3n) is 3.20. The third-order valence-corrected chi connectivity index (χ3v) is 3.20. The molecule has 0 atom stereocenters. The van der Waals surface area contributed by atoms with Crippen LogP contribution in [0.2, 0.25) is 0 Å². The summed E-state index contributed by atoms with van der Waals surface area (Å²) in [6, 6.07) is 11.3. The maximum absolute atomic E-state index is 8.81. The van der Waals surface area contributed by atoms with E-state index in [0.29, 0.717) is 23.0 Å². The minimum Gasteiger partial charge on any atom is -0.464 e. The average Bonchev–Trinajstić information content (AvgIpc) is 3.24. The van der Waals surface area contributed by atoms with E-state index in [1.54, 1.807) is 18.5 Å². The summed E-state index contributed by atoms with van der Waals surface area (Å²) in [6.07, 6.45) is 3.26. The first-order valence-corrected chi connectivity index (χ1v) is 6.24. The quantitative estimate of drug-likeness (QED) is 0.606. The van der Waals surface area contributed by atoms with Gasteiger partial charge in [-0.2, -0.15) is 10.2 Å². The maximum Gasteiger partial charge on any atom is 0.259 e. The van der Waals surface area contributed by atoms with E-state index < -0.39 is 0 Å². The van der Waals surface area contributed by atoms with Crippen LogP contribution in [0.5, 0.6) is 0 Å². The van der Waals surface area contributed by atoms with Gasteiger partial charge in [0.1, 0.15) is 23.6 Å². The standard InChI is InChI=1S/C15H8N4O2/c16-6-10-5-9(7-17-10)15-18-14(19-21-15)12-8-20-13-4-2-1-3-11(12)13/h1-5,7-8,17H. The van der Waals surface area contributed by atoms with Gasteiger partial charge in [0, 0.05) is 11.6 Å². The monoisotopic (exact) mass is 276 g/mol. The molecule has 4 rings (SSSR count). The van der Waals surface area contributed by atoms with Gasteiger partial charge in [0.15, 0.2) is 0 Å². The lowest BCUT2D eigenvalue weighted by Crippen LogP contribution is -1.78. The summed E-state index contributed by atoms with van der Waals surface area (Å²) in [5.74, 6) is 0.808. The normalized spacial score (nSPS) is 10.8. The van der Waals surface area contributed by atoms with E-state index in [-0.39, 0.29) is 0 Å². The predicted octanol–water partition coefficient (Wildman–Crippen LogP) is 3.35. The topological polar surface area (TPSA) is 91.6 Å². The number of nitrogens with one attached hydrogen (secondary N) is 1. The molecule has 0 fully saturated rings. The minimum absolute atomic E-state index is 0.355. The molecule has 1 aromatic carbocycles. The van der Waals surface area contributed by atoms with Crippen LogP contribution in [-0.4, -0.2) is 15.1 Å². The molecule has 100 valence electrons. The van der Waals surface area contributed by atoms with Crippen LogP contribution in [-0.2, 0) is 0 Å². The fraction of sp³-hybridized carbons (Fsp3) is 0. The summed E-state index contributed by atoms with van der Waals surface area (Å²) in [6.45, 7) is 0. The molecule has 0 aliphatic rings. The van der Waals surface area contributed by atoms with Crippen molar-refractivity contribution in [3.05, 3.63) is 48.5 Å². The van der Waals surface area contributed by atoms with Crippen molar-refractivity contribution in [3.63, 3.8) is 0 Å². The number of rotatable bonds is 2. The average molecular weight is 276 g/mol. The van der Waals surface area contributed by atoms with E-state index in [2.05, 4.69) is 15.1 Å². The molecule has 0 bridgehead atoms. The number of fused-ring (bicyclic) bond motifs is 1. The lowest BCUT2D eigenvalue weighted by molar-refractivity contribution is 0.432. The molecular formula is C15H8N4O2. The molecule has 0 aliphatic heterocycles. The summed E-state index contributed by atoms with van der Waals surface area (Å²) >= 11 is 0. The van der Waals surface area contributed by atoms with Crippen molar-refractivity contribution in [2.75, 3.05) is 0 Å². The van der Waals surface area contributed by atoms with Gasteiger partial charge in [-0.25, -0.2) is 0 Å². The van der Waals surface area contributed by atoms with Crippen LogP contribution in [0.4, 0.5) is 0 Å². The molecule has 21 heavy (non-hydrogen) atoms. The second kappa shape index (κ2) is 4.35. The maximum atomic E-state index is 8.81. The third kappa shape index (κ3) is 1.80. The number of H-pyrrole nitrogens is 1. The second-order valence-electron chi connectivity index (χ2n) is 4.48. The molecule has 0 saturated heterocycles. The van der Waals surface area contributed by atoms with Crippen molar-refractivity contribution in [2.45, 2.75) is 0 Å². The van der Waals surface area contributed by atoms with Crippen molar-refractivity contribution >= 4 is 11.0 Å². The Hall–Kier alpha value is -3.33. The Morgan fingerprint density at radius 2 is 2.14 bits per heavy atom. The first-order valence-electron chi connectivity index (χ1n) is 6.24. The van der Waals surface area contributed by atoms with Gasteiger partial charge in [-0.15, -0.1) is 0 Å². The fourth-order valence-corrected chi connectivity index (χ4v) is 2.18. The smallest absolute Gasteiger partial charge is 0.259 e. The lowest BCUT2D eigenvalue weighted by atomic mass is 10.2. The highest BCUT2D eigenvalue weighted by Gasteiger charge is 2.16. The Morgan fingerprint density at radius 1 is 1.24 bits per heavy atom. The molecule has 1 N–H and O–H groups in total. The Balaban J connectivity index is 1.79. The highest BCUT2D eigenvalue weighted by atomic mass is 16.5. The zero-order valence-electron chi connectivity index (χ0n) is 10.7. The van der Waals surface area contributed by atoms with E-state index in [1.165, 1.54) is 0 Å². The summed E-state index contributed by atoms with van der Waals surface area (Å²) in [4.78, 5) is 7.17. The molecule has 0 spiro atoms.